The van der Waals surface area contributed by atoms with Crippen molar-refractivity contribution in [3.8, 4) is 5.69 Å². The molecule has 1 saturated heterocycles. The number of rotatable bonds is 7. The van der Waals surface area contributed by atoms with Crippen LogP contribution in [-0.4, -0.2) is 63.9 Å². The van der Waals surface area contributed by atoms with Gasteiger partial charge in [0.25, 0.3) is 5.91 Å². The van der Waals surface area contributed by atoms with Crippen LogP contribution in [0.4, 0.5) is 0 Å². The average Bonchev–Trinajstić information content (AvgIpc) is 3.31. The highest BCUT2D eigenvalue weighted by Gasteiger charge is 2.28. The van der Waals surface area contributed by atoms with E-state index in [4.69, 9.17) is 0 Å². The van der Waals surface area contributed by atoms with Crippen LogP contribution < -0.4 is 5.32 Å². The van der Waals surface area contributed by atoms with Gasteiger partial charge in [0.1, 0.15) is 6.04 Å². The molecule has 9 nitrogen and oxygen atoms in total. The van der Waals surface area contributed by atoms with Crippen molar-refractivity contribution >= 4 is 17.8 Å². The van der Waals surface area contributed by atoms with Gasteiger partial charge in [-0.15, -0.1) is 5.10 Å². The van der Waals surface area contributed by atoms with Gasteiger partial charge in [0, 0.05) is 25.1 Å². The second kappa shape index (κ2) is 9.81. The van der Waals surface area contributed by atoms with Crippen LogP contribution in [0.3, 0.4) is 0 Å². The van der Waals surface area contributed by atoms with Crippen LogP contribution in [-0.2, 0) is 14.3 Å². The minimum atomic E-state index is -0.769. The van der Waals surface area contributed by atoms with Crippen molar-refractivity contribution in [1.29, 1.82) is 0 Å². The van der Waals surface area contributed by atoms with Gasteiger partial charge in [-0.25, -0.2) is 4.68 Å². The fourth-order valence-electron chi connectivity index (χ4n) is 3.31. The molecule has 0 aliphatic carbocycles. The average molecular weight is 399 g/mol. The zero-order valence-corrected chi connectivity index (χ0v) is 16.4. The maximum atomic E-state index is 12.9. The molecule has 9 heteroatoms. The summed E-state index contributed by atoms with van der Waals surface area (Å²) in [5, 5.41) is 10.5. The molecule has 0 unspecified atom stereocenters. The predicted octanol–water partition coefficient (Wildman–Crippen LogP) is 1.33. The van der Waals surface area contributed by atoms with E-state index < -0.39 is 12.0 Å². The van der Waals surface area contributed by atoms with E-state index in [9.17, 15) is 14.4 Å². The second-order valence-electron chi connectivity index (χ2n) is 6.92. The number of hydrogen-bond donors (Lipinski definition) is 1. The smallest absolute Gasteiger partial charge is 0.305 e. The minimum Gasteiger partial charge on any atom is -0.469 e. The van der Waals surface area contributed by atoms with E-state index in [0.29, 0.717) is 18.7 Å². The SMILES string of the molecule is COC(=O)CC[C@H](NC(=O)c1ccc(-n2ccnn2)cc1)C(=O)N1CCCCC1. The van der Waals surface area contributed by atoms with Crippen molar-refractivity contribution in [3.63, 3.8) is 0 Å². The number of nitrogens with one attached hydrogen (secondary N) is 1. The largest absolute Gasteiger partial charge is 0.469 e. The van der Waals surface area contributed by atoms with Gasteiger partial charge in [-0.1, -0.05) is 5.21 Å². The summed E-state index contributed by atoms with van der Waals surface area (Å²) in [4.78, 5) is 38.9. The Balaban J connectivity index is 1.68. The van der Waals surface area contributed by atoms with Crippen molar-refractivity contribution in [3.05, 3.63) is 42.2 Å². The highest BCUT2D eigenvalue weighted by Crippen LogP contribution is 2.14. The molecule has 2 amide bonds. The molecule has 2 aromatic rings. The number of hydrogen-bond acceptors (Lipinski definition) is 6. The molecule has 2 heterocycles. The first-order chi connectivity index (χ1) is 14.1. The highest BCUT2D eigenvalue weighted by molar-refractivity contribution is 5.97. The summed E-state index contributed by atoms with van der Waals surface area (Å²) in [5.74, 6) is -0.926. The Hall–Kier alpha value is -3.23. The van der Waals surface area contributed by atoms with E-state index in [0.717, 1.165) is 24.9 Å². The summed E-state index contributed by atoms with van der Waals surface area (Å²) >= 11 is 0. The Morgan fingerprint density at radius 3 is 2.48 bits per heavy atom. The molecular weight excluding hydrogens is 374 g/mol. The fourth-order valence-corrected chi connectivity index (χ4v) is 3.31. The third kappa shape index (κ3) is 5.40. The first-order valence-electron chi connectivity index (χ1n) is 9.71. The zero-order valence-electron chi connectivity index (χ0n) is 16.4. The van der Waals surface area contributed by atoms with Gasteiger partial charge in [0.2, 0.25) is 5.91 Å². The van der Waals surface area contributed by atoms with Crippen molar-refractivity contribution in [1.82, 2.24) is 25.2 Å². The number of aromatic nitrogens is 3. The van der Waals surface area contributed by atoms with Gasteiger partial charge >= 0.3 is 5.97 Å². The summed E-state index contributed by atoms with van der Waals surface area (Å²) in [6, 6.07) is 6.05. The molecule has 154 valence electrons. The summed E-state index contributed by atoms with van der Waals surface area (Å²) < 4.78 is 6.26. The van der Waals surface area contributed by atoms with Crippen LogP contribution in [0.15, 0.2) is 36.7 Å². The van der Waals surface area contributed by atoms with E-state index in [1.165, 1.54) is 7.11 Å². The molecule has 0 saturated carbocycles. The van der Waals surface area contributed by atoms with Gasteiger partial charge in [-0.2, -0.15) is 0 Å². The van der Waals surface area contributed by atoms with Crippen LogP contribution in [0.5, 0.6) is 0 Å². The highest BCUT2D eigenvalue weighted by atomic mass is 16.5. The second-order valence-corrected chi connectivity index (χ2v) is 6.92. The Kier molecular flexibility index (Phi) is 6.94. The third-order valence-electron chi connectivity index (χ3n) is 4.95. The van der Waals surface area contributed by atoms with Crippen LogP contribution in [0.2, 0.25) is 0 Å². The van der Waals surface area contributed by atoms with E-state index >= 15 is 0 Å². The molecule has 3 rings (SSSR count). The van der Waals surface area contributed by atoms with Crippen molar-refractivity contribution in [2.75, 3.05) is 20.2 Å². The van der Waals surface area contributed by atoms with Gasteiger partial charge in [0.05, 0.1) is 25.2 Å². The van der Waals surface area contributed by atoms with Gasteiger partial charge in [0.15, 0.2) is 0 Å². The number of ether oxygens (including phenoxy) is 1. The molecule has 1 aromatic heterocycles. The molecule has 1 fully saturated rings. The summed E-state index contributed by atoms with van der Waals surface area (Å²) in [6.07, 6.45) is 6.53. The lowest BCUT2D eigenvalue weighted by Gasteiger charge is -2.30. The number of carbonyl (C=O) groups is 3. The molecule has 1 atom stereocenters. The van der Waals surface area contributed by atoms with E-state index in [2.05, 4.69) is 20.4 Å². The number of esters is 1. The number of methoxy groups -OCH3 is 1. The van der Waals surface area contributed by atoms with Crippen LogP contribution in [0.25, 0.3) is 5.69 Å². The number of amides is 2. The lowest BCUT2D eigenvalue weighted by Crippen LogP contribution is -2.50. The van der Waals surface area contributed by atoms with Gasteiger partial charge in [-0.05, 0) is 49.9 Å². The maximum absolute atomic E-state index is 12.9. The number of nitrogens with zero attached hydrogens (tertiary/aromatic N) is 4. The molecule has 0 bridgehead atoms. The lowest BCUT2D eigenvalue weighted by molar-refractivity contribution is -0.141. The first kappa shape index (κ1) is 20.5. The Morgan fingerprint density at radius 1 is 1.14 bits per heavy atom. The Labute approximate surface area is 169 Å². The molecule has 1 aliphatic rings. The number of piperidine rings is 1. The monoisotopic (exact) mass is 399 g/mol. The van der Waals surface area contributed by atoms with Crippen molar-refractivity contribution in [2.24, 2.45) is 0 Å². The van der Waals surface area contributed by atoms with Crippen LogP contribution in [0, 0.1) is 0 Å². The number of benzene rings is 1. The van der Waals surface area contributed by atoms with E-state index in [-0.39, 0.29) is 24.7 Å². The zero-order chi connectivity index (χ0) is 20.6. The first-order valence-corrected chi connectivity index (χ1v) is 9.71. The lowest BCUT2D eigenvalue weighted by atomic mass is 10.1. The molecule has 29 heavy (non-hydrogen) atoms. The molecule has 1 aromatic carbocycles. The molecule has 0 radical (unpaired) electrons. The Morgan fingerprint density at radius 2 is 1.86 bits per heavy atom. The van der Waals surface area contributed by atoms with Crippen LogP contribution in [0.1, 0.15) is 42.5 Å². The Bertz CT molecular complexity index is 829. The van der Waals surface area contributed by atoms with Crippen molar-refractivity contribution in [2.45, 2.75) is 38.1 Å². The number of likely N-dealkylation sites (tertiary alicyclic amines) is 1. The standard InChI is InChI=1S/C20H25N5O4/c1-29-18(26)10-9-17(20(28)24-12-3-2-4-13-24)22-19(27)15-5-7-16(8-6-15)25-14-11-21-23-25/h5-8,11,14,17H,2-4,9-10,12-13H2,1H3,(H,22,27)/t17-/m0/s1. The summed E-state index contributed by atoms with van der Waals surface area (Å²) in [6.45, 7) is 1.35. The number of carbonyl (C=O) groups excluding carboxylic acids is 3. The van der Waals surface area contributed by atoms with Crippen LogP contribution >= 0.6 is 0 Å². The summed E-state index contributed by atoms with van der Waals surface area (Å²) in [7, 11) is 1.30. The van der Waals surface area contributed by atoms with Crippen molar-refractivity contribution < 1.29 is 19.1 Å². The topological polar surface area (TPSA) is 106 Å². The quantitative estimate of drug-likeness (QED) is 0.704. The molecular formula is C20H25N5O4. The maximum Gasteiger partial charge on any atom is 0.305 e. The predicted molar refractivity (Wildman–Crippen MR) is 104 cm³/mol. The van der Waals surface area contributed by atoms with Gasteiger partial charge in [-0.3, -0.25) is 14.4 Å². The normalized spacial score (nSPS) is 14.9. The summed E-state index contributed by atoms with van der Waals surface area (Å²) in [5.41, 5.74) is 1.19. The fraction of sp³-hybridized carbons (Fsp3) is 0.450. The van der Waals surface area contributed by atoms with Gasteiger partial charge < -0.3 is 15.0 Å². The minimum absolute atomic E-state index is 0.0618. The third-order valence-corrected chi connectivity index (χ3v) is 4.95. The molecule has 0 spiro atoms. The van der Waals surface area contributed by atoms with E-state index in [1.54, 1.807) is 46.2 Å². The molecule has 1 N–H and O–H groups in total. The molecule has 1 aliphatic heterocycles. The van der Waals surface area contributed by atoms with E-state index in [1.807, 2.05) is 0 Å².